The summed E-state index contributed by atoms with van der Waals surface area (Å²) in [4.78, 5) is 0. The van der Waals surface area contributed by atoms with Crippen LogP contribution in [0.5, 0.6) is 0 Å². The molecular weight excluding hydrogens is 132 g/mol. The number of hydrogen-bond donors (Lipinski definition) is 0. The van der Waals surface area contributed by atoms with Crippen molar-refractivity contribution < 1.29 is 0 Å². The van der Waals surface area contributed by atoms with Crippen molar-refractivity contribution in [3.63, 3.8) is 0 Å². The van der Waals surface area contributed by atoms with Crippen LogP contribution in [-0.4, -0.2) is 0 Å². The average Bonchev–Trinajstić information content (AvgIpc) is 2.06. The van der Waals surface area contributed by atoms with Gasteiger partial charge in [0.2, 0.25) is 0 Å². The second-order valence-electron chi connectivity index (χ2n) is 2.51. The molecule has 56 valence electrons. The van der Waals surface area contributed by atoms with Gasteiger partial charge >= 0.3 is 0 Å². The minimum absolute atomic E-state index is 0.607. The Bertz CT molecular complexity index is 213. The van der Waals surface area contributed by atoms with Crippen molar-refractivity contribution in [3.8, 4) is 0 Å². The minimum atomic E-state index is 0.607. The molecule has 0 aliphatic heterocycles. The van der Waals surface area contributed by atoms with Gasteiger partial charge in [-0.05, 0) is 44.2 Å². The van der Waals surface area contributed by atoms with Crippen LogP contribution in [0.25, 0.3) is 0 Å². The van der Waals surface area contributed by atoms with E-state index in [0.29, 0.717) is 12.8 Å². The Morgan fingerprint density at radius 2 is 1.64 bits per heavy atom. The van der Waals surface area contributed by atoms with Gasteiger partial charge in [0, 0.05) is 0 Å². The molecule has 0 N–H and O–H groups in total. The van der Waals surface area contributed by atoms with E-state index in [9.17, 15) is 0 Å². The van der Waals surface area contributed by atoms with Gasteiger partial charge in [-0.1, -0.05) is 24.3 Å². The molecule has 11 heavy (non-hydrogen) atoms. The van der Waals surface area contributed by atoms with E-state index in [4.69, 9.17) is 13.8 Å². The average molecular weight is 144 g/mol. The van der Waals surface area contributed by atoms with E-state index in [0.717, 1.165) is 6.42 Å². The van der Waals surface area contributed by atoms with Crippen LogP contribution in [0, 0.1) is 13.8 Å². The van der Waals surface area contributed by atoms with Crippen LogP contribution in [0.4, 0.5) is 0 Å². The van der Waals surface area contributed by atoms with Crippen LogP contribution in [0.1, 0.15) is 17.5 Å². The molecule has 0 saturated carbocycles. The second kappa shape index (κ2) is 4.17. The summed E-state index contributed by atoms with van der Waals surface area (Å²) in [5.74, 6) is 0. The predicted octanol–water partition coefficient (Wildman–Crippen LogP) is 2.58. The molecule has 0 amide bonds. The van der Waals surface area contributed by atoms with Gasteiger partial charge in [0.1, 0.15) is 0 Å². The molecule has 0 saturated heterocycles. The third-order valence-corrected chi connectivity index (χ3v) is 1.75. The van der Waals surface area contributed by atoms with Crippen LogP contribution in [0.2, 0.25) is 0 Å². The van der Waals surface area contributed by atoms with E-state index >= 15 is 0 Å². The Morgan fingerprint density at radius 3 is 2.18 bits per heavy atom. The molecule has 0 aliphatic carbocycles. The van der Waals surface area contributed by atoms with Crippen LogP contribution >= 0.6 is 0 Å². The quantitative estimate of drug-likeness (QED) is 0.611. The van der Waals surface area contributed by atoms with E-state index in [-0.39, 0.29) is 0 Å². The van der Waals surface area contributed by atoms with Crippen molar-refractivity contribution in [1.29, 1.82) is 0 Å². The molecule has 0 nitrogen and oxygen atoms in total. The highest BCUT2D eigenvalue weighted by atomic mass is 14.0. The normalized spacial score (nSPS) is 10.0. The lowest BCUT2D eigenvalue weighted by Crippen LogP contribution is -1.90. The van der Waals surface area contributed by atoms with Gasteiger partial charge in [-0.25, -0.2) is 0 Å². The Labute approximate surface area is 69.3 Å². The zero-order valence-corrected chi connectivity index (χ0v) is 6.59. The maximum atomic E-state index is 5.54. The van der Waals surface area contributed by atoms with Crippen molar-refractivity contribution in [2.45, 2.75) is 19.3 Å². The summed E-state index contributed by atoms with van der Waals surface area (Å²) in [7, 11) is 0. The maximum Gasteiger partial charge on any atom is -0.0242 e. The van der Waals surface area contributed by atoms with Gasteiger partial charge in [0.25, 0.3) is 0 Å². The Kier molecular flexibility index (Phi) is 3.15. The van der Waals surface area contributed by atoms with E-state index in [1.165, 1.54) is 11.1 Å². The smallest absolute Gasteiger partial charge is 0.0242 e. The van der Waals surface area contributed by atoms with Crippen LogP contribution in [0.15, 0.2) is 24.3 Å². The number of rotatable bonds is 3. The van der Waals surface area contributed by atoms with Gasteiger partial charge in [-0.15, -0.1) is 0 Å². The largest absolute Gasteiger partial charge is 0.0620 e. The zero-order chi connectivity index (χ0) is 8.10. The fourth-order valence-corrected chi connectivity index (χ4v) is 1.16. The van der Waals surface area contributed by atoms with E-state index in [2.05, 4.69) is 6.07 Å². The molecule has 0 spiro atoms. The predicted molar refractivity (Wildman–Crippen MR) is 47.1 cm³/mol. The molecule has 4 radical (unpaired) electrons. The van der Waals surface area contributed by atoms with E-state index < -0.39 is 0 Å². The molecule has 1 aromatic carbocycles. The summed E-state index contributed by atoms with van der Waals surface area (Å²) in [6, 6.07) is 8.15. The molecule has 1 rings (SSSR count). The monoisotopic (exact) mass is 144 g/mol. The van der Waals surface area contributed by atoms with Crippen LogP contribution in [0.3, 0.4) is 0 Å². The summed E-state index contributed by atoms with van der Waals surface area (Å²) < 4.78 is 0. The second-order valence-corrected chi connectivity index (χ2v) is 2.51. The third kappa shape index (κ3) is 2.07. The standard InChI is InChI=1S/C11H12/c1-3-7-11-9-6-5-8-10(11)4-2/h1-2,5-6,8-9H,3-4,7H2. The summed E-state index contributed by atoms with van der Waals surface area (Å²) in [5.41, 5.74) is 2.48. The molecule has 0 aromatic heterocycles. The van der Waals surface area contributed by atoms with Crippen molar-refractivity contribution in [3.05, 3.63) is 49.2 Å². The lowest BCUT2D eigenvalue weighted by atomic mass is 10.0. The van der Waals surface area contributed by atoms with Crippen molar-refractivity contribution >= 4 is 0 Å². The minimum Gasteiger partial charge on any atom is -0.0620 e. The lowest BCUT2D eigenvalue weighted by molar-refractivity contribution is 0.973. The molecule has 0 unspecified atom stereocenters. The molecule has 0 heterocycles. The molecular formula is C11H12. The Morgan fingerprint density at radius 1 is 1.00 bits per heavy atom. The first-order chi connectivity index (χ1) is 5.38. The highest BCUT2D eigenvalue weighted by Gasteiger charge is 1.96. The number of aryl methyl sites for hydroxylation is 1. The molecule has 1 aromatic rings. The molecule has 0 fully saturated rings. The first-order valence-corrected chi connectivity index (χ1v) is 3.85. The van der Waals surface area contributed by atoms with Gasteiger partial charge in [-0.2, -0.15) is 0 Å². The van der Waals surface area contributed by atoms with E-state index in [1.54, 1.807) is 0 Å². The van der Waals surface area contributed by atoms with Gasteiger partial charge in [-0.3, -0.25) is 0 Å². The summed E-state index contributed by atoms with van der Waals surface area (Å²) in [6.07, 6.45) is 2.22. The SMILES string of the molecule is [CH]CCc1ccccc1C[CH]. The van der Waals surface area contributed by atoms with E-state index in [1.807, 2.05) is 18.2 Å². The van der Waals surface area contributed by atoms with Crippen molar-refractivity contribution in [1.82, 2.24) is 0 Å². The van der Waals surface area contributed by atoms with Gasteiger partial charge in [0.15, 0.2) is 0 Å². The first kappa shape index (κ1) is 8.32. The molecule has 0 atom stereocenters. The van der Waals surface area contributed by atoms with Crippen molar-refractivity contribution in [2.24, 2.45) is 0 Å². The maximum absolute atomic E-state index is 5.54. The fraction of sp³-hybridized carbons (Fsp3) is 0.273. The van der Waals surface area contributed by atoms with Gasteiger partial charge in [0.05, 0.1) is 0 Å². The van der Waals surface area contributed by atoms with Gasteiger partial charge < -0.3 is 0 Å². The summed E-state index contributed by atoms with van der Waals surface area (Å²) in [5, 5.41) is 0. The molecule has 0 heteroatoms. The first-order valence-electron chi connectivity index (χ1n) is 3.85. The highest BCUT2D eigenvalue weighted by molar-refractivity contribution is 5.27. The van der Waals surface area contributed by atoms with Crippen LogP contribution in [-0.2, 0) is 12.8 Å². The summed E-state index contributed by atoms with van der Waals surface area (Å²) in [6.45, 7) is 11.0. The van der Waals surface area contributed by atoms with Crippen LogP contribution < -0.4 is 0 Å². The molecule has 0 aliphatic rings. The Hall–Kier alpha value is -0.780. The number of benzene rings is 1. The van der Waals surface area contributed by atoms with Crippen molar-refractivity contribution in [2.75, 3.05) is 0 Å². The Balaban J connectivity index is 2.83. The highest BCUT2D eigenvalue weighted by Crippen LogP contribution is 2.10. The fourth-order valence-electron chi connectivity index (χ4n) is 1.16. The summed E-state index contributed by atoms with van der Waals surface area (Å²) >= 11 is 0. The topological polar surface area (TPSA) is 0 Å². The third-order valence-electron chi connectivity index (χ3n) is 1.75. The zero-order valence-electron chi connectivity index (χ0n) is 6.59. The number of hydrogen-bond acceptors (Lipinski definition) is 0. The molecule has 0 bridgehead atoms. The lowest BCUT2D eigenvalue weighted by Gasteiger charge is -2.04.